The Morgan fingerprint density at radius 1 is 1.39 bits per heavy atom. The number of nitrogens with zero attached hydrogens (tertiary/aromatic N) is 2. The number of aliphatic carboxylic acids is 1. The van der Waals surface area contributed by atoms with E-state index in [9.17, 15) is 15.0 Å². The van der Waals surface area contributed by atoms with E-state index in [2.05, 4.69) is 58.5 Å². The van der Waals surface area contributed by atoms with Crippen molar-refractivity contribution in [3.05, 3.63) is 65.7 Å². The van der Waals surface area contributed by atoms with Crippen LogP contribution >= 0.6 is 11.8 Å². The minimum absolute atomic E-state index is 0.0592. The molecule has 6 nitrogen and oxygen atoms in total. The van der Waals surface area contributed by atoms with E-state index in [1.54, 1.807) is 6.07 Å². The van der Waals surface area contributed by atoms with Crippen molar-refractivity contribution in [3.63, 3.8) is 0 Å². The molecule has 4 atom stereocenters. The average molecular weight is 438 g/mol. The first-order chi connectivity index (χ1) is 15.0. The van der Waals surface area contributed by atoms with Crippen LogP contribution in [0.25, 0.3) is 0 Å². The van der Waals surface area contributed by atoms with E-state index in [1.807, 2.05) is 6.07 Å². The number of likely N-dealkylation sites (tertiary alicyclic amines) is 1. The topological polar surface area (TPSA) is 85.2 Å². The van der Waals surface area contributed by atoms with Gasteiger partial charge in [0.05, 0.1) is 6.54 Å². The molecule has 0 amide bonds. The lowest BCUT2D eigenvalue weighted by Crippen LogP contribution is -2.44. The Balaban J connectivity index is 1.44. The van der Waals surface area contributed by atoms with E-state index in [0.717, 1.165) is 36.8 Å². The molecule has 0 aliphatic carbocycles. The molecule has 162 valence electrons. The highest BCUT2D eigenvalue weighted by atomic mass is 32.2. The lowest BCUT2D eigenvalue weighted by molar-refractivity contribution is -0.136. The molecule has 2 aromatic carbocycles. The molecule has 3 N–H and O–H groups in total. The highest BCUT2D eigenvalue weighted by Gasteiger charge is 2.35. The van der Waals surface area contributed by atoms with Gasteiger partial charge in [-0.2, -0.15) is 0 Å². The monoisotopic (exact) mass is 437 g/mol. The number of hydrogen-bond donors (Lipinski definition) is 3. The molecule has 3 unspecified atom stereocenters. The van der Waals surface area contributed by atoms with Crippen molar-refractivity contribution in [1.82, 2.24) is 10.2 Å². The molecule has 31 heavy (non-hydrogen) atoms. The number of thioether (sulfide) groups is 1. The zero-order valence-corrected chi connectivity index (χ0v) is 18.3. The summed E-state index contributed by atoms with van der Waals surface area (Å²) in [5.74, 6) is 0.163. The number of rotatable bonds is 6. The van der Waals surface area contributed by atoms with Gasteiger partial charge in [0.25, 0.3) is 0 Å². The number of nitrogens with one attached hydrogen (secondary N) is 1. The second-order valence-electron chi connectivity index (χ2n) is 8.15. The van der Waals surface area contributed by atoms with Crippen LogP contribution in [0.5, 0.6) is 5.75 Å². The summed E-state index contributed by atoms with van der Waals surface area (Å²) in [6.45, 7) is 4.96. The largest absolute Gasteiger partial charge is 0.507 e. The van der Waals surface area contributed by atoms with Gasteiger partial charge in [0, 0.05) is 36.7 Å². The first kappa shape index (κ1) is 21.5. The third-order valence-electron chi connectivity index (χ3n) is 6.06. The van der Waals surface area contributed by atoms with Crippen molar-refractivity contribution >= 4 is 22.9 Å². The number of aromatic hydroxyl groups is 1. The molecule has 2 heterocycles. The van der Waals surface area contributed by atoms with Gasteiger partial charge in [-0.3, -0.25) is 9.79 Å². The van der Waals surface area contributed by atoms with Crippen molar-refractivity contribution in [2.75, 3.05) is 26.2 Å². The summed E-state index contributed by atoms with van der Waals surface area (Å²) < 4.78 is 0. The Hall–Kier alpha value is -2.69. The number of carboxylic acids is 1. The number of hydrogen-bond acceptors (Lipinski definition) is 6. The lowest BCUT2D eigenvalue weighted by Gasteiger charge is -2.40. The number of benzene rings is 1. The molecule has 2 aliphatic heterocycles. The van der Waals surface area contributed by atoms with Gasteiger partial charge in [0.1, 0.15) is 11.0 Å². The molecule has 0 saturated carbocycles. The molecule has 1 saturated heterocycles. The second kappa shape index (κ2) is 9.63. The van der Waals surface area contributed by atoms with Gasteiger partial charge in [0.2, 0.25) is 0 Å². The number of amidine groups is 1. The van der Waals surface area contributed by atoms with E-state index in [-0.39, 0.29) is 11.8 Å². The number of carbonyl (C=O) groups is 1. The zero-order chi connectivity index (χ0) is 21.8. The molecule has 0 aromatic heterocycles. The van der Waals surface area contributed by atoms with Crippen molar-refractivity contribution < 1.29 is 15.0 Å². The summed E-state index contributed by atoms with van der Waals surface area (Å²) in [5.41, 5.74) is 2.19. The van der Waals surface area contributed by atoms with Crippen molar-refractivity contribution in [1.29, 1.82) is 0 Å². The molecule has 0 bridgehead atoms. The van der Waals surface area contributed by atoms with Crippen LogP contribution in [0.4, 0.5) is 0 Å². The summed E-state index contributed by atoms with van der Waals surface area (Å²) in [6.07, 6.45) is 0.993. The lowest BCUT2D eigenvalue weighted by atomic mass is 9.80. The molecule has 0 spiro atoms. The molecule has 7 heteroatoms. The van der Waals surface area contributed by atoms with Crippen LogP contribution in [0.3, 0.4) is 0 Å². The Bertz CT molecular complexity index is 937. The van der Waals surface area contributed by atoms with E-state index in [4.69, 9.17) is 0 Å². The van der Waals surface area contributed by atoms with Crippen LogP contribution in [0.15, 0.2) is 47.5 Å². The van der Waals surface area contributed by atoms with Crippen molar-refractivity contribution in [3.8, 4) is 5.75 Å². The zero-order valence-electron chi connectivity index (χ0n) is 17.5. The highest BCUT2D eigenvalue weighted by molar-refractivity contribution is 8.15. The normalized spacial score (nSPS) is 24.4. The van der Waals surface area contributed by atoms with E-state index in [1.165, 1.54) is 23.4 Å². The predicted molar refractivity (Wildman–Crippen MR) is 122 cm³/mol. The minimum atomic E-state index is -0.794. The van der Waals surface area contributed by atoms with E-state index >= 15 is 0 Å². The van der Waals surface area contributed by atoms with Crippen molar-refractivity contribution in [2.45, 2.75) is 30.6 Å². The summed E-state index contributed by atoms with van der Waals surface area (Å²) in [6, 6.07) is 19.7. The molecular weight excluding hydrogens is 410 g/mol. The van der Waals surface area contributed by atoms with Crippen LogP contribution in [-0.4, -0.2) is 57.7 Å². The Labute approximate surface area is 187 Å². The maximum atomic E-state index is 11.3. The smallest absolute Gasteiger partial charge is 0.319 e. The van der Waals surface area contributed by atoms with E-state index in [0.29, 0.717) is 18.4 Å². The standard InChI is InChI=1S/C24H27N3O3S/c1-16(18-8-5-9-20(28)12-18)25-13-19-10-11-27(24-26-14-22(31-24)23(29)30)15-21(19)17-6-3-2-4-7-17/h2-4,6-7,9,12,16,19,21-22,25,28H,10-11,13-15H2,1H3,(H,29,30)/t16-,19?,21?,22?/m1/s1. The Morgan fingerprint density at radius 2 is 2.19 bits per heavy atom. The molecule has 1 fully saturated rings. The quantitative estimate of drug-likeness (QED) is 0.643. The maximum absolute atomic E-state index is 11.3. The van der Waals surface area contributed by atoms with Gasteiger partial charge in [-0.15, -0.1) is 0 Å². The highest BCUT2D eigenvalue weighted by Crippen LogP contribution is 2.35. The summed E-state index contributed by atoms with van der Waals surface area (Å²) in [5, 5.41) is 23.0. The second-order valence-corrected chi connectivity index (χ2v) is 9.32. The fraction of sp³-hybridized carbons (Fsp3) is 0.417. The average Bonchev–Trinajstić information content (AvgIpc) is 3.29. The molecule has 2 aliphatic rings. The SMILES string of the molecule is C[C@@H](NCC1CCN(C2=NCC(C(=O)O)S2)CC1c1ccccc1)c1c#ccc(O)c1. The Morgan fingerprint density at radius 3 is 2.90 bits per heavy atom. The third kappa shape index (κ3) is 5.15. The van der Waals surface area contributed by atoms with Gasteiger partial charge in [-0.05, 0) is 37.4 Å². The van der Waals surface area contributed by atoms with Crippen LogP contribution in [0.1, 0.15) is 36.4 Å². The number of piperidine rings is 1. The first-order valence-corrected chi connectivity index (χ1v) is 11.5. The van der Waals surface area contributed by atoms with Gasteiger partial charge in [0.15, 0.2) is 5.17 Å². The summed E-state index contributed by atoms with van der Waals surface area (Å²) in [4.78, 5) is 18.1. The summed E-state index contributed by atoms with van der Waals surface area (Å²) in [7, 11) is 0. The molecule has 2 aromatic rings. The number of carboxylic acid groups (broad SMARTS) is 1. The predicted octanol–water partition coefficient (Wildman–Crippen LogP) is 3.30. The van der Waals surface area contributed by atoms with Crippen LogP contribution in [0, 0.1) is 18.1 Å². The van der Waals surface area contributed by atoms with Crippen LogP contribution in [-0.2, 0) is 4.79 Å². The first-order valence-electron chi connectivity index (χ1n) is 10.6. The van der Waals surface area contributed by atoms with Crippen molar-refractivity contribution in [2.24, 2.45) is 10.9 Å². The fourth-order valence-corrected chi connectivity index (χ4v) is 5.23. The Kier molecular flexibility index (Phi) is 6.69. The molecule has 4 rings (SSSR count). The van der Waals surface area contributed by atoms with Gasteiger partial charge in [-0.25, -0.2) is 0 Å². The van der Waals surface area contributed by atoms with Crippen LogP contribution in [0.2, 0.25) is 0 Å². The summed E-state index contributed by atoms with van der Waals surface area (Å²) >= 11 is 1.37. The van der Waals surface area contributed by atoms with Crippen LogP contribution < -0.4 is 5.32 Å². The van der Waals surface area contributed by atoms with Gasteiger partial charge in [-0.1, -0.05) is 54.2 Å². The molecule has 0 radical (unpaired) electrons. The third-order valence-corrected chi connectivity index (χ3v) is 7.30. The maximum Gasteiger partial charge on any atom is 0.319 e. The van der Waals surface area contributed by atoms with Gasteiger partial charge >= 0.3 is 5.97 Å². The fourth-order valence-electron chi connectivity index (χ4n) is 4.26. The van der Waals surface area contributed by atoms with E-state index < -0.39 is 11.2 Å². The molecular formula is C24H27N3O3S. The number of aliphatic imine (C=N–C) groups is 1. The minimum Gasteiger partial charge on any atom is -0.507 e. The van der Waals surface area contributed by atoms with Gasteiger partial charge < -0.3 is 20.4 Å².